The molecule has 2 unspecified atom stereocenters. The summed E-state index contributed by atoms with van der Waals surface area (Å²) in [6.07, 6.45) is 0.841. The molecule has 0 fully saturated rings. The van der Waals surface area contributed by atoms with Gasteiger partial charge in [0.25, 0.3) is 0 Å². The number of thiophene rings is 1. The minimum Gasteiger partial charge on any atom is -0.483 e. The van der Waals surface area contributed by atoms with Crippen molar-refractivity contribution in [2.45, 2.75) is 24.0 Å². The van der Waals surface area contributed by atoms with Gasteiger partial charge in [-0.2, -0.15) is 0 Å². The Balaban J connectivity index is 2.22. The van der Waals surface area contributed by atoms with Gasteiger partial charge < -0.3 is 10.5 Å². The Bertz CT molecular complexity index is 708. The Labute approximate surface area is 133 Å². The van der Waals surface area contributed by atoms with Gasteiger partial charge in [-0.05, 0) is 43.3 Å². The van der Waals surface area contributed by atoms with Gasteiger partial charge in [0.15, 0.2) is 9.84 Å². The third kappa shape index (κ3) is 4.20. The lowest BCUT2D eigenvalue weighted by Crippen LogP contribution is -2.28. The van der Waals surface area contributed by atoms with Gasteiger partial charge in [-0.15, -0.1) is 11.3 Å². The number of nitrogens with two attached hydrogens (primary N) is 1. The number of sulfone groups is 1. The second kappa shape index (κ2) is 6.36. The first-order valence-corrected chi connectivity index (χ1v) is 9.33. The van der Waals surface area contributed by atoms with Crippen molar-refractivity contribution in [1.82, 2.24) is 0 Å². The smallest absolute Gasteiger partial charge is 0.175 e. The largest absolute Gasteiger partial charge is 0.483 e. The summed E-state index contributed by atoms with van der Waals surface area (Å²) >= 11 is 7.35. The molecule has 2 aromatic rings. The van der Waals surface area contributed by atoms with Crippen LogP contribution in [-0.4, -0.2) is 20.7 Å². The van der Waals surface area contributed by atoms with E-state index in [4.69, 9.17) is 22.1 Å². The minimum absolute atomic E-state index is 0.227. The van der Waals surface area contributed by atoms with Crippen molar-refractivity contribution in [2.75, 3.05) is 6.26 Å². The molecule has 2 rings (SSSR count). The quantitative estimate of drug-likeness (QED) is 0.902. The van der Waals surface area contributed by atoms with E-state index >= 15 is 0 Å². The first kappa shape index (κ1) is 16.3. The molecule has 1 aromatic heterocycles. The molecule has 0 aliphatic carbocycles. The highest BCUT2D eigenvalue weighted by Crippen LogP contribution is 2.32. The topological polar surface area (TPSA) is 69.4 Å². The van der Waals surface area contributed by atoms with Crippen LogP contribution in [0.15, 0.2) is 41.3 Å². The number of benzene rings is 1. The van der Waals surface area contributed by atoms with Crippen molar-refractivity contribution in [3.05, 3.63) is 45.6 Å². The second-order valence-corrected chi connectivity index (χ2v) is 8.55. The molecule has 2 N–H and O–H groups in total. The normalized spacial score (nSPS) is 14.7. The fourth-order valence-corrected chi connectivity index (χ4v) is 3.65. The van der Waals surface area contributed by atoms with E-state index < -0.39 is 9.84 Å². The molecule has 0 aliphatic heterocycles. The molecular weight excluding hydrogens is 330 g/mol. The van der Waals surface area contributed by atoms with E-state index in [0.717, 1.165) is 4.88 Å². The van der Waals surface area contributed by atoms with Gasteiger partial charge in [0.05, 0.1) is 9.23 Å². The van der Waals surface area contributed by atoms with Crippen LogP contribution in [0.2, 0.25) is 4.34 Å². The van der Waals surface area contributed by atoms with Gasteiger partial charge in [0.1, 0.15) is 11.9 Å². The van der Waals surface area contributed by atoms with Crippen molar-refractivity contribution in [3.63, 3.8) is 0 Å². The molecule has 0 amide bonds. The number of halogens is 1. The molecule has 0 spiro atoms. The maximum absolute atomic E-state index is 11.4. The highest BCUT2D eigenvalue weighted by Gasteiger charge is 2.20. The number of hydrogen-bond donors (Lipinski definition) is 1. The van der Waals surface area contributed by atoms with Crippen LogP contribution >= 0.6 is 22.9 Å². The summed E-state index contributed by atoms with van der Waals surface area (Å²) in [6.45, 7) is 1.85. The monoisotopic (exact) mass is 345 g/mol. The molecule has 2 atom stereocenters. The van der Waals surface area contributed by atoms with Crippen LogP contribution in [0.5, 0.6) is 5.75 Å². The van der Waals surface area contributed by atoms with Gasteiger partial charge >= 0.3 is 0 Å². The first-order chi connectivity index (χ1) is 9.77. The number of ether oxygens (including phenoxy) is 1. The molecule has 7 heteroatoms. The fourth-order valence-electron chi connectivity index (χ4n) is 1.82. The average Bonchev–Trinajstić information content (AvgIpc) is 2.81. The SMILES string of the molecule is CC(N)C(Oc1ccc(S(C)(=O)=O)cc1)c1ccc(Cl)s1. The molecule has 0 aliphatic rings. The molecular formula is C14H16ClNO3S2. The summed E-state index contributed by atoms with van der Waals surface area (Å²) in [4.78, 5) is 1.19. The van der Waals surface area contributed by atoms with Gasteiger partial charge in [0, 0.05) is 17.2 Å². The van der Waals surface area contributed by atoms with E-state index in [1.165, 1.54) is 29.7 Å². The maximum atomic E-state index is 11.4. The zero-order valence-corrected chi connectivity index (χ0v) is 14.0. The van der Waals surface area contributed by atoms with Crippen LogP contribution in [0.4, 0.5) is 0 Å². The maximum Gasteiger partial charge on any atom is 0.175 e. The second-order valence-electron chi connectivity index (χ2n) is 4.78. The lowest BCUT2D eigenvalue weighted by molar-refractivity contribution is 0.184. The lowest BCUT2D eigenvalue weighted by atomic mass is 10.1. The van der Waals surface area contributed by atoms with Crippen LogP contribution in [0.3, 0.4) is 0 Å². The standard InChI is InChI=1S/C14H16ClNO3S2/c1-9(16)14(12-7-8-13(15)20-12)19-10-3-5-11(6-4-10)21(2,17)18/h3-9,14H,16H2,1-2H3. The van der Waals surface area contributed by atoms with Crippen molar-refractivity contribution in [2.24, 2.45) is 5.73 Å². The van der Waals surface area contributed by atoms with Crippen LogP contribution in [-0.2, 0) is 9.84 Å². The Hall–Kier alpha value is -1.08. The van der Waals surface area contributed by atoms with E-state index in [1.54, 1.807) is 18.2 Å². The molecule has 0 saturated heterocycles. The molecule has 0 radical (unpaired) electrons. The summed E-state index contributed by atoms with van der Waals surface area (Å²) < 4.78 is 29.4. The van der Waals surface area contributed by atoms with E-state index in [2.05, 4.69) is 0 Å². The van der Waals surface area contributed by atoms with Gasteiger partial charge in [-0.3, -0.25) is 0 Å². The molecule has 1 aromatic carbocycles. The van der Waals surface area contributed by atoms with Crippen molar-refractivity contribution in [1.29, 1.82) is 0 Å². The summed E-state index contributed by atoms with van der Waals surface area (Å²) in [5.74, 6) is 0.564. The highest BCUT2D eigenvalue weighted by atomic mass is 35.5. The predicted octanol–water partition coefficient (Wildman–Crippen LogP) is 3.27. The van der Waals surface area contributed by atoms with Crippen molar-refractivity contribution < 1.29 is 13.2 Å². The van der Waals surface area contributed by atoms with E-state index in [0.29, 0.717) is 10.1 Å². The zero-order chi connectivity index (χ0) is 15.6. The van der Waals surface area contributed by atoms with Crippen LogP contribution < -0.4 is 10.5 Å². The first-order valence-electron chi connectivity index (χ1n) is 6.25. The Morgan fingerprint density at radius 2 is 1.81 bits per heavy atom. The number of hydrogen-bond acceptors (Lipinski definition) is 5. The molecule has 21 heavy (non-hydrogen) atoms. The summed E-state index contributed by atoms with van der Waals surface area (Å²) in [5.41, 5.74) is 5.97. The van der Waals surface area contributed by atoms with Crippen molar-refractivity contribution in [3.8, 4) is 5.75 Å². The molecule has 1 heterocycles. The molecule has 4 nitrogen and oxygen atoms in total. The Morgan fingerprint density at radius 1 is 1.19 bits per heavy atom. The fraction of sp³-hybridized carbons (Fsp3) is 0.286. The van der Waals surface area contributed by atoms with E-state index in [9.17, 15) is 8.42 Å². The molecule has 0 bridgehead atoms. The van der Waals surface area contributed by atoms with Gasteiger partial charge in [0.2, 0.25) is 0 Å². The third-order valence-corrected chi connectivity index (χ3v) is 5.29. The molecule has 114 valence electrons. The van der Waals surface area contributed by atoms with Crippen LogP contribution in [0.1, 0.15) is 17.9 Å². The highest BCUT2D eigenvalue weighted by molar-refractivity contribution is 7.90. The summed E-state index contributed by atoms with van der Waals surface area (Å²) in [6, 6.07) is 9.74. The summed E-state index contributed by atoms with van der Waals surface area (Å²) in [7, 11) is -3.21. The Kier molecular flexibility index (Phi) is 4.93. The zero-order valence-electron chi connectivity index (χ0n) is 11.6. The lowest BCUT2D eigenvalue weighted by Gasteiger charge is -2.21. The van der Waals surface area contributed by atoms with Crippen LogP contribution in [0.25, 0.3) is 0 Å². The minimum atomic E-state index is -3.21. The van der Waals surface area contributed by atoms with E-state index in [1.807, 2.05) is 13.0 Å². The van der Waals surface area contributed by atoms with E-state index in [-0.39, 0.29) is 17.0 Å². The Morgan fingerprint density at radius 3 is 2.24 bits per heavy atom. The van der Waals surface area contributed by atoms with Crippen LogP contribution in [0, 0.1) is 0 Å². The molecule has 0 saturated carbocycles. The average molecular weight is 346 g/mol. The number of rotatable bonds is 5. The summed E-state index contributed by atoms with van der Waals surface area (Å²) in [5, 5.41) is 0. The predicted molar refractivity (Wildman–Crippen MR) is 85.9 cm³/mol. The van der Waals surface area contributed by atoms with Gasteiger partial charge in [-0.1, -0.05) is 11.6 Å². The van der Waals surface area contributed by atoms with Gasteiger partial charge in [-0.25, -0.2) is 8.42 Å². The van der Waals surface area contributed by atoms with Crippen molar-refractivity contribution >= 4 is 32.8 Å². The third-order valence-electron chi connectivity index (χ3n) is 2.87.